The molecule has 4 rings (SSSR count). The molecule has 1 aromatic carbocycles. The first-order valence-corrected chi connectivity index (χ1v) is 10.5. The first kappa shape index (κ1) is 21.3. The molecule has 3 heterocycles. The number of pyridine rings is 1. The molecule has 1 saturated heterocycles. The molecule has 1 aliphatic heterocycles. The molecular weight excluding hydrogens is 408 g/mol. The van der Waals surface area contributed by atoms with Crippen molar-refractivity contribution in [1.29, 1.82) is 0 Å². The van der Waals surface area contributed by atoms with Gasteiger partial charge < -0.3 is 20.0 Å². The minimum atomic E-state index is -0.304. The normalized spacial score (nSPS) is 14.1. The monoisotopic (exact) mass is 432 g/mol. The number of hydrogen-bond donors (Lipinski definition) is 2. The van der Waals surface area contributed by atoms with Crippen molar-refractivity contribution in [2.45, 2.75) is 25.8 Å². The van der Waals surface area contributed by atoms with Crippen LogP contribution in [0.15, 0.2) is 65.7 Å². The molecule has 0 spiro atoms. The van der Waals surface area contributed by atoms with E-state index < -0.39 is 0 Å². The second-order valence-corrected chi connectivity index (χ2v) is 7.74. The van der Waals surface area contributed by atoms with Crippen LogP contribution in [0.25, 0.3) is 0 Å². The van der Waals surface area contributed by atoms with Crippen LogP contribution in [0, 0.1) is 6.92 Å². The number of rotatable bonds is 5. The van der Waals surface area contributed by atoms with Crippen molar-refractivity contribution >= 4 is 23.4 Å². The standard InChI is InChI=1S/C24H24N4O4/c1-16-3-2-4-20(21(16)27-22(29)17-5-10-25-11-6-17)23(30)26-19-7-12-28(13-8-19)24(31)18-9-14-32-15-18/h2-6,9-11,14-15,19H,7-8,12-13H2,1H3,(H,26,30)(H,27,29). The maximum absolute atomic E-state index is 13.0. The highest BCUT2D eigenvalue weighted by atomic mass is 16.3. The van der Waals surface area contributed by atoms with Gasteiger partial charge in [-0.25, -0.2) is 0 Å². The van der Waals surface area contributed by atoms with E-state index in [1.165, 1.54) is 12.5 Å². The zero-order valence-corrected chi connectivity index (χ0v) is 17.7. The highest BCUT2D eigenvalue weighted by Crippen LogP contribution is 2.22. The van der Waals surface area contributed by atoms with Crippen LogP contribution in [0.4, 0.5) is 5.69 Å². The van der Waals surface area contributed by atoms with Gasteiger partial charge in [-0.3, -0.25) is 19.4 Å². The summed E-state index contributed by atoms with van der Waals surface area (Å²) in [5.74, 6) is -0.622. The Morgan fingerprint density at radius 1 is 1.00 bits per heavy atom. The van der Waals surface area contributed by atoms with Crippen LogP contribution >= 0.6 is 0 Å². The van der Waals surface area contributed by atoms with Gasteiger partial charge in [-0.1, -0.05) is 12.1 Å². The number of aromatic nitrogens is 1. The molecule has 8 heteroatoms. The second kappa shape index (κ2) is 9.47. The van der Waals surface area contributed by atoms with E-state index in [1.54, 1.807) is 47.6 Å². The third kappa shape index (κ3) is 4.69. The number of furan rings is 1. The molecule has 0 atom stereocenters. The van der Waals surface area contributed by atoms with E-state index in [0.717, 1.165) is 5.56 Å². The van der Waals surface area contributed by atoms with E-state index in [-0.39, 0.29) is 23.8 Å². The Hall–Kier alpha value is -3.94. The van der Waals surface area contributed by atoms with Gasteiger partial charge in [0.15, 0.2) is 0 Å². The Bertz CT molecular complexity index is 1100. The Morgan fingerprint density at radius 3 is 2.44 bits per heavy atom. The van der Waals surface area contributed by atoms with E-state index in [4.69, 9.17) is 4.42 Å². The summed E-state index contributed by atoms with van der Waals surface area (Å²) in [5, 5.41) is 5.91. The van der Waals surface area contributed by atoms with E-state index in [1.807, 2.05) is 13.0 Å². The lowest BCUT2D eigenvalue weighted by Gasteiger charge is -2.32. The lowest BCUT2D eigenvalue weighted by molar-refractivity contribution is 0.0697. The molecular formula is C24H24N4O4. The predicted molar refractivity (Wildman–Crippen MR) is 118 cm³/mol. The first-order chi connectivity index (χ1) is 15.5. The van der Waals surface area contributed by atoms with Crippen LogP contribution in [-0.4, -0.2) is 46.7 Å². The molecule has 0 saturated carbocycles. The number of nitrogens with zero attached hydrogens (tertiary/aromatic N) is 2. The number of para-hydroxylation sites is 1. The Labute approximate surface area is 185 Å². The quantitative estimate of drug-likeness (QED) is 0.644. The molecule has 1 fully saturated rings. The van der Waals surface area contributed by atoms with Gasteiger partial charge in [-0.15, -0.1) is 0 Å². The van der Waals surface area contributed by atoms with Crippen molar-refractivity contribution in [2.24, 2.45) is 0 Å². The van der Waals surface area contributed by atoms with Crippen molar-refractivity contribution in [1.82, 2.24) is 15.2 Å². The fourth-order valence-corrected chi connectivity index (χ4v) is 3.77. The minimum absolute atomic E-state index is 0.0554. The van der Waals surface area contributed by atoms with Crippen LogP contribution in [0.5, 0.6) is 0 Å². The summed E-state index contributed by atoms with van der Waals surface area (Å²) in [5.41, 5.74) is 2.68. The van der Waals surface area contributed by atoms with Crippen LogP contribution in [0.2, 0.25) is 0 Å². The number of carbonyl (C=O) groups excluding carboxylic acids is 3. The average molecular weight is 432 g/mol. The van der Waals surface area contributed by atoms with Crippen LogP contribution in [-0.2, 0) is 0 Å². The molecule has 32 heavy (non-hydrogen) atoms. The van der Waals surface area contributed by atoms with Gasteiger partial charge in [0.25, 0.3) is 17.7 Å². The molecule has 164 valence electrons. The number of piperidine rings is 1. The molecule has 0 aliphatic carbocycles. The molecule has 2 N–H and O–H groups in total. The Morgan fingerprint density at radius 2 is 1.75 bits per heavy atom. The second-order valence-electron chi connectivity index (χ2n) is 7.74. The third-order valence-corrected chi connectivity index (χ3v) is 5.58. The molecule has 3 aromatic rings. The highest BCUT2D eigenvalue weighted by molar-refractivity contribution is 6.09. The van der Waals surface area contributed by atoms with E-state index >= 15 is 0 Å². The topological polar surface area (TPSA) is 105 Å². The number of anilines is 1. The van der Waals surface area contributed by atoms with Crippen LogP contribution < -0.4 is 10.6 Å². The number of nitrogens with one attached hydrogen (secondary N) is 2. The summed E-state index contributed by atoms with van der Waals surface area (Å²) in [6.07, 6.45) is 7.32. The predicted octanol–water partition coefficient (Wildman–Crippen LogP) is 3.27. The highest BCUT2D eigenvalue weighted by Gasteiger charge is 2.26. The SMILES string of the molecule is Cc1cccc(C(=O)NC2CCN(C(=O)c3ccoc3)CC2)c1NC(=O)c1ccncc1. The molecule has 0 bridgehead atoms. The van der Waals surface area contributed by atoms with Crippen molar-refractivity contribution in [3.8, 4) is 0 Å². The molecule has 1 aliphatic rings. The van der Waals surface area contributed by atoms with Crippen LogP contribution in [0.3, 0.4) is 0 Å². The molecule has 0 unspecified atom stereocenters. The number of hydrogen-bond acceptors (Lipinski definition) is 5. The van der Waals surface area contributed by atoms with Gasteiger partial charge in [-0.05, 0) is 49.6 Å². The summed E-state index contributed by atoms with van der Waals surface area (Å²) in [7, 11) is 0. The summed E-state index contributed by atoms with van der Waals surface area (Å²) >= 11 is 0. The van der Waals surface area contributed by atoms with Crippen LogP contribution in [0.1, 0.15) is 49.5 Å². The maximum Gasteiger partial charge on any atom is 0.257 e. The van der Waals surface area contributed by atoms with E-state index in [0.29, 0.717) is 48.3 Å². The summed E-state index contributed by atoms with van der Waals surface area (Å²) in [4.78, 5) is 43.8. The average Bonchev–Trinajstić information content (AvgIpc) is 3.36. The maximum atomic E-state index is 13.0. The largest absolute Gasteiger partial charge is 0.472 e. The fourth-order valence-electron chi connectivity index (χ4n) is 3.77. The lowest BCUT2D eigenvalue weighted by Crippen LogP contribution is -2.46. The van der Waals surface area contributed by atoms with Gasteiger partial charge in [0.2, 0.25) is 0 Å². The lowest BCUT2D eigenvalue weighted by atomic mass is 10.0. The van der Waals surface area contributed by atoms with Gasteiger partial charge in [0.1, 0.15) is 6.26 Å². The summed E-state index contributed by atoms with van der Waals surface area (Å²) in [6, 6.07) is 10.2. The zero-order chi connectivity index (χ0) is 22.5. The summed E-state index contributed by atoms with van der Waals surface area (Å²) < 4.78 is 4.99. The Kier molecular flexibility index (Phi) is 6.30. The first-order valence-electron chi connectivity index (χ1n) is 10.5. The van der Waals surface area contributed by atoms with E-state index in [9.17, 15) is 14.4 Å². The van der Waals surface area contributed by atoms with Gasteiger partial charge in [-0.2, -0.15) is 0 Å². The van der Waals surface area contributed by atoms with Crippen molar-refractivity contribution in [3.05, 3.63) is 83.6 Å². The zero-order valence-electron chi connectivity index (χ0n) is 17.7. The Balaban J connectivity index is 1.40. The minimum Gasteiger partial charge on any atom is -0.472 e. The van der Waals surface area contributed by atoms with Crippen molar-refractivity contribution in [2.75, 3.05) is 18.4 Å². The van der Waals surface area contributed by atoms with Crippen molar-refractivity contribution in [3.63, 3.8) is 0 Å². The number of aryl methyl sites for hydroxylation is 1. The number of carbonyl (C=O) groups is 3. The summed E-state index contributed by atoms with van der Waals surface area (Å²) in [6.45, 7) is 2.95. The van der Waals surface area contributed by atoms with Crippen molar-refractivity contribution < 1.29 is 18.8 Å². The third-order valence-electron chi connectivity index (χ3n) is 5.58. The molecule has 2 aromatic heterocycles. The van der Waals surface area contributed by atoms with Gasteiger partial charge >= 0.3 is 0 Å². The fraction of sp³-hybridized carbons (Fsp3) is 0.250. The molecule has 3 amide bonds. The van der Waals surface area contributed by atoms with E-state index in [2.05, 4.69) is 15.6 Å². The van der Waals surface area contributed by atoms with Gasteiger partial charge in [0, 0.05) is 37.1 Å². The number of likely N-dealkylation sites (tertiary alicyclic amines) is 1. The molecule has 8 nitrogen and oxygen atoms in total. The molecule has 0 radical (unpaired) electrons. The van der Waals surface area contributed by atoms with Gasteiger partial charge in [0.05, 0.1) is 23.1 Å². The number of amides is 3. The number of benzene rings is 1. The smallest absolute Gasteiger partial charge is 0.257 e.